The fraction of sp³-hybridized carbons (Fsp3) is 0.947. The molecule has 0 aromatic heterocycles. The van der Waals surface area contributed by atoms with E-state index in [0.717, 1.165) is 38.5 Å². The molecule has 1 amide bonds. The molecule has 22 heavy (non-hydrogen) atoms. The van der Waals surface area contributed by atoms with Crippen LogP contribution < -0.4 is 0 Å². The summed E-state index contributed by atoms with van der Waals surface area (Å²) in [6.45, 7) is 5.43. The van der Waals surface area contributed by atoms with E-state index in [1.165, 1.54) is 70.8 Å². The van der Waals surface area contributed by atoms with Gasteiger partial charge in [-0.15, -0.1) is 0 Å². The van der Waals surface area contributed by atoms with Crippen LogP contribution in [0.2, 0.25) is 0 Å². The molecule has 0 N–H and O–H groups in total. The number of hydrogen-bond donors (Lipinski definition) is 0. The first kappa shape index (κ1) is 16.3. The van der Waals surface area contributed by atoms with Crippen LogP contribution in [0.3, 0.4) is 0 Å². The van der Waals surface area contributed by atoms with E-state index in [1.54, 1.807) is 0 Å². The molecule has 3 rings (SSSR count). The molecule has 0 spiro atoms. The third kappa shape index (κ3) is 4.71. The van der Waals surface area contributed by atoms with Gasteiger partial charge >= 0.3 is 0 Å². The number of amides is 1. The summed E-state index contributed by atoms with van der Waals surface area (Å²) in [5.41, 5.74) is 0. The van der Waals surface area contributed by atoms with Crippen molar-refractivity contribution in [2.75, 3.05) is 32.7 Å². The third-order valence-corrected chi connectivity index (χ3v) is 6.15. The fourth-order valence-electron chi connectivity index (χ4n) is 4.68. The largest absolute Gasteiger partial charge is 0.340 e. The van der Waals surface area contributed by atoms with Gasteiger partial charge < -0.3 is 4.90 Å². The molecular weight excluding hydrogens is 272 g/mol. The minimum Gasteiger partial charge on any atom is -0.340 e. The van der Waals surface area contributed by atoms with Crippen LogP contribution in [0.15, 0.2) is 0 Å². The summed E-state index contributed by atoms with van der Waals surface area (Å²) < 4.78 is 0. The lowest BCUT2D eigenvalue weighted by Gasteiger charge is -2.38. The lowest BCUT2D eigenvalue weighted by Crippen LogP contribution is -2.50. The zero-order valence-corrected chi connectivity index (χ0v) is 14.3. The zero-order valence-electron chi connectivity index (χ0n) is 14.3. The predicted octanol–water partition coefficient (Wildman–Crippen LogP) is 3.68. The monoisotopic (exact) mass is 306 g/mol. The fourth-order valence-corrected chi connectivity index (χ4v) is 4.68. The number of carbonyl (C=O) groups is 1. The van der Waals surface area contributed by atoms with Gasteiger partial charge in [0.15, 0.2) is 0 Å². The highest BCUT2D eigenvalue weighted by molar-refractivity contribution is 5.76. The first-order valence-electron chi connectivity index (χ1n) is 9.81. The second-order valence-corrected chi connectivity index (χ2v) is 7.89. The Morgan fingerprint density at radius 2 is 1.27 bits per heavy atom. The molecule has 3 fully saturated rings. The number of piperazine rings is 1. The van der Waals surface area contributed by atoms with Crippen molar-refractivity contribution in [2.45, 2.75) is 70.6 Å². The van der Waals surface area contributed by atoms with Crippen LogP contribution in [0.4, 0.5) is 0 Å². The number of carbonyl (C=O) groups excluding carboxylic acids is 1. The Labute approximate surface area is 136 Å². The van der Waals surface area contributed by atoms with E-state index < -0.39 is 0 Å². The molecule has 3 heteroatoms. The average molecular weight is 306 g/mol. The average Bonchev–Trinajstić information content (AvgIpc) is 2.57. The summed E-state index contributed by atoms with van der Waals surface area (Å²) in [6.07, 6.45) is 14.6. The zero-order chi connectivity index (χ0) is 15.2. The highest BCUT2D eigenvalue weighted by atomic mass is 16.2. The molecule has 0 bridgehead atoms. The van der Waals surface area contributed by atoms with Gasteiger partial charge in [-0.2, -0.15) is 0 Å². The molecule has 1 saturated heterocycles. The maximum atomic E-state index is 12.5. The van der Waals surface area contributed by atoms with Gasteiger partial charge in [0.2, 0.25) is 5.91 Å². The number of hydrogen-bond acceptors (Lipinski definition) is 2. The van der Waals surface area contributed by atoms with Crippen molar-refractivity contribution in [2.24, 2.45) is 11.8 Å². The van der Waals surface area contributed by atoms with Gasteiger partial charge in [-0.3, -0.25) is 9.69 Å². The lowest BCUT2D eigenvalue weighted by molar-refractivity contribution is -0.134. The molecule has 2 saturated carbocycles. The first-order chi connectivity index (χ1) is 10.8. The first-order valence-corrected chi connectivity index (χ1v) is 9.81. The van der Waals surface area contributed by atoms with Gasteiger partial charge in [0.1, 0.15) is 0 Å². The highest BCUT2D eigenvalue weighted by Crippen LogP contribution is 2.27. The predicted molar refractivity (Wildman–Crippen MR) is 90.8 cm³/mol. The summed E-state index contributed by atoms with van der Waals surface area (Å²) >= 11 is 0. The SMILES string of the molecule is O=C(CC1CCCCC1)N1CCN(CC2CCCCC2)CC1. The third-order valence-electron chi connectivity index (χ3n) is 6.15. The van der Waals surface area contributed by atoms with Gasteiger partial charge in [0, 0.05) is 39.1 Å². The minimum atomic E-state index is 0.434. The quantitative estimate of drug-likeness (QED) is 0.791. The van der Waals surface area contributed by atoms with Crippen LogP contribution >= 0.6 is 0 Å². The van der Waals surface area contributed by atoms with E-state index in [4.69, 9.17) is 0 Å². The highest BCUT2D eigenvalue weighted by Gasteiger charge is 2.25. The van der Waals surface area contributed by atoms with E-state index >= 15 is 0 Å². The molecule has 0 unspecified atom stereocenters. The van der Waals surface area contributed by atoms with Crippen LogP contribution in [-0.2, 0) is 4.79 Å². The topological polar surface area (TPSA) is 23.6 Å². The summed E-state index contributed by atoms with van der Waals surface area (Å²) in [4.78, 5) is 17.2. The second kappa shape index (κ2) is 8.33. The Morgan fingerprint density at radius 1 is 0.727 bits per heavy atom. The van der Waals surface area contributed by atoms with Crippen molar-refractivity contribution in [1.29, 1.82) is 0 Å². The smallest absolute Gasteiger partial charge is 0.222 e. The summed E-state index contributed by atoms with van der Waals surface area (Å²) in [6, 6.07) is 0. The van der Waals surface area contributed by atoms with Crippen LogP contribution in [0.5, 0.6) is 0 Å². The van der Waals surface area contributed by atoms with Gasteiger partial charge in [0.05, 0.1) is 0 Å². The van der Waals surface area contributed by atoms with Crippen LogP contribution in [0, 0.1) is 11.8 Å². The van der Waals surface area contributed by atoms with Crippen molar-refractivity contribution in [3.8, 4) is 0 Å². The molecule has 0 atom stereocenters. The van der Waals surface area contributed by atoms with E-state index in [9.17, 15) is 4.79 Å². The van der Waals surface area contributed by atoms with Gasteiger partial charge in [0.25, 0.3) is 0 Å². The van der Waals surface area contributed by atoms with E-state index in [0.29, 0.717) is 11.8 Å². The van der Waals surface area contributed by atoms with Gasteiger partial charge in [-0.1, -0.05) is 38.5 Å². The van der Waals surface area contributed by atoms with Crippen molar-refractivity contribution >= 4 is 5.91 Å². The van der Waals surface area contributed by atoms with E-state index in [2.05, 4.69) is 9.80 Å². The Morgan fingerprint density at radius 3 is 1.86 bits per heavy atom. The Hall–Kier alpha value is -0.570. The lowest BCUT2D eigenvalue weighted by atomic mass is 9.86. The van der Waals surface area contributed by atoms with Gasteiger partial charge in [-0.25, -0.2) is 0 Å². The molecular formula is C19H34N2O. The molecule has 3 aliphatic rings. The standard InChI is InChI=1S/C19H34N2O/c22-19(15-17-7-3-1-4-8-17)21-13-11-20(12-14-21)16-18-9-5-2-6-10-18/h17-18H,1-16H2. The van der Waals surface area contributed by atoms with Crippen molar-refractivity contribution in [3.05, 3.63) is 0 Å². The van der Waals surface area contributed by atoms with Crippen LogP contribution in [-0.4, -0.2) is 48.4 Å². The Balaban J connectivity index is 1.36. The van der Waals surface area contributed by atoms with Crippen molar-refractivity contribution in [3.63, 3.8) is 0 Å². The summed E-state index contributed by atoms with van der Waals surface area (Å²) in [5, 5.41) is 0. The summed E-state index contributed by atoms with van der Waals surface area (Å²) in [7, 11) is 0. The Bertz CT molecular complexity index is 337. The molecule has 0 aromatic rings. The summed E-state index contributed by atoms with van der Waals surface area (Å²) in [5.74, 6) is 2.05. The van der Waals surface area contributed by atoms with Crippen LogP contribution in [0.1, 0.15) is 70.6 Å². The molecule has 1 aliphatic heterocycles. The van der Waals surface area contributed by atoms with E-state index in [1.807, 2.05) is 0 Å². The molecule has 0 aromatic carbocycles. The molecule has 0 radical (unpaired) electrons. The van der Waals surface area contributed by atoms with E-state index in [-0.39, 0.29) is 0 Å². The van der Waals surface area contributed by atoms with Gasteiger partial charge in [-0.05, 0) is 37.5 Å². The molecule has 2 aliphatic carbocycles. The van der Waals surface area contributed by atoms with Crippen molar-refractivity contribution in [1.82, 2.24) is 9.80 Å². The second-order valence-electron chi connectivity index (χ2n) is 7.89. The number of rotatable bonds is 4. The Kier molecular flexibility index (Phi) is 6.17. The minimum absolute atomic E-state index is 0.434. The van der Waals surface area contributed by atoms with Crippen molar-refractivity contribution < 1.29 is 4.79 Å². The normalized spacial score (nSPS) is 26.3. The maximum Gasteiger partial charge on any atom is 0.222 e. The maximum absolute atomic E-state index is 12.5. The molecule has 3 nitrogen and oxygen atoms in total. The number of nitrogens with zero attached hydrogens (tertiary/aromatic N) is 2. The molecule has 1 heterocycles. The van der Waals surface area contributed by atoms with Crippen LogP contribution in [0.25, 0.3) is 0 Å². The molecule has 126 valence electrons.